The van der Waals surface area contributed by atoms with Gasteiger partial charge in [-0.25, -0.2) is 0 Å². The van der Waals surface area contributed by atoms with Crippen LogP contribution < -0.4 is 10.1 Å². The Morgan fingerprint density at radius 2 is 2.06 bits per heavy atom. The second-order valence-corrected chi connectivity index (χ2v) is 5.56. The van der Waals surface area contributed by atoms with Crippen molar-refractivity contribution in [1.82, 2.24) is 5.32 Å². The van der Waals surface area contributed by atoms with Crippen LogP contribution in [0.5, 0.6) is 5.75 Å². The molecule has 1 aromatic carbocycles. The lowest BCUT2D eigenvalue weighted by Gasteiger charge is -2.18. The molecule has 0 spiro atoms. The van der Waals surface area contributed by atoms with E-state index in [2.05, 4.69) is 5.32 Å². The van der Waals surface area contributed by atoms with E-state index in [4.69, 9.17) is 16.3 Å². The fourth-order valence-corrected chi connectivity index (χ4v) is 2.00. The Bertz CT molecular complexity index is 400. The smallest absolute Gasteiger partial charge is 0.137 e. The van der Waals surface area contributed by atoms with Crippen molar-refractivity contribution in [2.75, 3.05) is 20.2 Å². The van der Waals surface area contributed by atoms with Crippen LogP contribution in [0, 0.1) is 6.92 Å². The molecular weight excluding hydrogens is 250 g/mol. The minimum atomic E-state index is -0.674. The van der Waals surface area contributed by atoms with Gasteiger partial charge in [0.25, 0.3) is 0 Å². The number of rotatable bonds is 6. The highest BCUT2D eigenvalue weighted by Gasteiger charge is 2.11. The Hall–Kier alpha value is -0.770. The number of hydrogen-bond acceptors (Lipinski definition) is 3. The van der Waals surface area contributed by atoms with Crippen LogP contribution >= 0.6 is 11.6 Å². The molecule has 102 valence electrons. The van der Waals surface area contributed by atoms with E-state index in [-0.39, 0.29) is 0 Å². The van der Waals surface area contributed by atoms with Gasteiger partial charge in [-0.2, -0.15) is 0 Å². The predicted molar refractivity (Wildman–Crippen MR) is 75.6 cm³/mol. The molecule has 0 unspecified atom stereocenters. The van der Waals surface area contributed by atoms with Crippen LogP contribution in [0.1, 0.15) is 25.0 Å². The van der Waals surface area contributed by atoms with Gasteiger partial charge in [-0.05, 0) is 57.0 Å². The van der Waals surface area contributed by atoms with Gasteiger partial charge < -0.3 is 15.2 Å². The van der Waals surface area contributed by atoms with Gasteiger partial charge in [-0.15, -0.1) is 0 Å². The van der Waals surface area contributed by atoms with Gasteiger partial charge in [0, 0.05) is 6.54 Å². The topological polar surface area (TPSA) is 41.5 Å². The van der Waals surface area contributed by atoms with Crippen molar-refractivity contribution in [3.05, 3.63) is 28.3 Å². The monoisotopic (exact) mass is 271 g/mol. The molecule has 0 bridgehead atoms. The molecule has 4 heteroatoms. The van der Waals surface area contributed by atoms with E-state index in [9.17, 15) is 5.11 Å². The number of nitrogens with one attached hydrogen (secondary N) is 1. The molecule has 0 aliphatic rings. The first-order valence-corrected chi connectivity index (χ1v) is 6.47. The summed E-state index contributed by atoms with van der Waals surface area (Å²) in [6, 6.07) is 3.90. The molecule has 3 nitrogen and oxygen atoms in total. The minimum Gasteiger partial charge on any atom is -0.495 e. The maximum absolute atomic E-state index is 9.58. The molecule has 1 rings (SSSR count). The maximum Gasteiger partial charge on any atom is 0.137 e. The summed E-state index contributed by atoms with van der Waals surface area (Å²) in [5.74, 6) is 0.711. The fraction of sp³-hybridized carbons (Fsp3) is 0.571. The molecule has 0 amide bonds. The van der Waals surface area contributed by atoms with Gasteiger partial charge in [-0.3, -0.25) is 0 Å². The number of benzene rings is 1. The van der Waals surface area contributed by atoms with Crippen molar-refractivity contribution in [3.63, 3.8) is 0 Å². The molecule has 0 fully saturated rings. The molecule has 0 aliphatic heterocycles. The van der Waals surface area contributed by atoms with Gasteiger partial charge in [0.1, 0.15) is 5.75 Å². The lowest BCUT2D eigenvalue weighted by molar-refractivity contribution is 0.0801. The summed E-state index contributed by atoms with van der Waals surface area (Å²) in [5, 5.41) is 13.4. The highest BCUT2D eigenvalue weighted by atomic mass is 35.5. The van der Waals surface area contributed by atoms with E-state index in [0.717, 1.165) is 13.0 Å². The molecule has 0 heterocycles. The Balaban J connectivity index is 2.55. The van der Waals surface area contributed by atoms with E-state index in [1.54, 1.807) is 21.0 Å². The minimum absolute atomic E-state index is 0.579. The first kappa shape index (κ1) is 15.3. The Morgan fingerprint density at radius 3 is 2.61 bits per heavy atom. The van der Waals surface area contributed by atoms with E-state index in [1.807, 2.05) is 19.1 Å². The van der Waals surface area contributed by atoms with Crippen LogP contribution in [0.4, 0.5) is 0 Å². The summed E-state index contributed by atoms with van der Waals surface area (Å²) >= 11 is 6.10. The molecule has 0 atom stereocenters. The Kier molecular flexibility index (Phi) is 5.45. The third-order valence-corrected chi connectivity index (χ3v) is 3.03. The summed E-state index contributed by atoms with van der Waals surface area (Å²) in [6.45, 7) is 7.01. The largest absolute Gasteiger partial charge is 0.495 e. The molecule has 18 heavy (non-hydrogen) atoms. The van der Waals surface area contributed by atoms with Crippen LogP contribution in [0.3, 0.4) is 0 Å². The SMILES string of the molecule is COc1cc(C)c(CCNCC(C)(C)O)cc1Cl. The molecule has 0 aliphatic carbocycles. The average molecular weight is 272 g/mol. The van der Waals surface area contributed by atoms with Gasteiger partial charge in [0.15, 0.2) is 0 Å². The first-order chi connectivity index (χ1) is 8.33. The Morgan fingerprint density at radius 1 is 1.39 bits per heavy atom. The second-order valence-electron chi connectivity index (χ2n) is 5.15. The predicted octanol–water partition coefficient (Wildman–Crippen LogP) is 2.56. The maximum atomic E-state index is 9.58. The molecule has 1 aromatic rings. The normalized spacial score (nSPS) is 11.7. The van der Waals surface area contributed by atoms with Crippen LogP contribution in [0.25, 0.3) is 0 Å². The highest BCUT2D eigenvalue weighted by Crippen LogP contribution is 2.27. The summed E-state index contributed by atoms with van der Waals surface area (Å²) in [6.07, 6.45) is 0.881. The molecular formula is C14H22ClNO2. The number of halogens is 1. The van der Waals surface area contributed by atoms with Gasteiger partial charge in [0.2, 0.25) is 0 Å². The zero-order valence-electron chi connectivity index (χ0n) is 11.5. The summed E-state index contributed by atoms with van der Waals surface area (Å²) in [4.78, 5) is 0. The molecule has 0 aromatic heterocycles. The fourth-order valence-electron chi connectivity index (χ4n) is 1.74. The van der Waals surface area contributed by atoms with Crippen LogP contribution in [0.15, 0.2) is 12.1 Å². The zero-order valence-corrected chi connectivity index (χ0v) is 12.3. The van der Waals surface area contributed by atoms with Crippen molar-refractivity contribution < 1.29 is 9.84 Å². The van der Waals surface area contributed by atoms with Crippen molar-refractivity contribution >= 4 is 11.6 Å². The van der Waals surface area contributed by atoms with E-state index >= 15 is 0 Å². The van der Waals surface area contributed by atoms with Crippen LogP contribution in [-0.4, -0.2) is 30.9 Å². The van der Waals surface area contributed by atoms with Crippen molar-refractivity contribution in [2.45, 2.75) is 32.8 Å². The quantitative estimate of drug-likeness (QED) is 0.782. The molecule has 0 saturated carbocycles. The van der Waals surface area contributed by atoms with Crippen molar-refractivity contribution in [1.29, 1.82) is 0 Å². The highest BCUT2D eigenvalue weighted by molar-refractivity contribution is 6.32. The lowest BCUT2D eigenvalue weighted by Crippen LogP contribution is -2.35. The number of hydrogen-bond donors (Lipinski definition) is 2. The third kappa shape index (κ3) is 4.84. The summed E-state index contributed by atoms with van der Waals surface area (Å²) in [5.41, 5.74) is 1.69. The lowest BCUT2D eigenvalue weighted by atomic mass is 10.0. The summed E-state index contributed by atoms with van der Waals surface area (Å²) < 4.78 is 5.17. The summed E-state index contributed by atoms with van der Waals surface area (Å²) in [7, 11) is 1.62. The number of methoxy groups -OCH3 is 1. The number of ether oxygens (including phenoxy) is 1. The molecule has 0 radical (unpaired) electrons. The van der Waals surface area contributed by atoms with Gasteiger partial charge in [0.05, 0.1) is 17.7 Å². The van der Waals surface area contributed by atoms with E-state index < -0.39 is 5.60 Å². The van der Waals surface area contributed by atoms with Crippen molar-refractivity contribution in [3.8, 4) is 5.75 Å². The third-order valence-electron chi connectivity index (χ3n) is 2.74. The first-order valence-electron chi connectivity index (χ1n) is 6.09. The van der Waals surface area contributed by atoms with E-state index in [1.165, 1.54) is 11.1 Å². The number of aliphatic hydroxyl groups is 1. The Labute approximate surface area is 114 Å². The number of aryl methyl sites for hydroxylation is 1. The molecule has 0 saturated heterocycles. The van der Waals surface area contributed by atoms with Crippen molar-refractivity contribution in [2.24, 2.45) is 0 Å². The standard InChI is InChI=1S/C14H22ClNO2/c1-10-7-13(18-4)12(15)8-11(10)5-6-16-9-14(2,3)17/h7-8,16-17H,5-6,9H2,1-4H3. The van der Waals surface area contributed by atoms with Crippen LogP contribution in [0.2, 0.25) is 5.02 Å². The van der Waals surface area contributed by atoms with Crippen LogP contribution in [-0.2, 0) is 6.42 Å². The average Bonchev–Trinajstić information content (AvgIpc) is 2.27. The van der Waals surface area contributed by atoms with Gasteiger partial charge in [-0.1, -0.05) is 11.6 Å². The van der Waals surface area contributed by atoms with E-state index in [0.29, 0.717) is 17.3 Å². The molecule has 2 N–H and O–H groups in total. The second kappa shape index (κ2) is 6.41. The van der Waals surface area contributed by atoms with Gasteiger partial charge >= 0.3 is 0 Å². The zero-order chi connectivity index (χ0) is 13.8.